The van der Waals surface area contributed by atoms with E-state index in [1.165, 1.54) is 0 Å². The summed E-state index contributed by atoms with van der Waals surface area (Å²) < 4.78 is 5.39. The highest BCUT2D eigenvalue weighted by atomic mass is 16.5. The van der Waals surface area contributed by atoms with Crippen molar-refractivity contribution >= 4 is 5.97 Å². The minimum Gasteiger partial charge on any atom is -0.481 e. The first-order valence-electron chi connectivity index (χ1n) is 6.81. The average molecular weight is 256 g/mol. The summed E-state index contributed by atoms with van der Waals surface area (Å²) >= 11 is 0. The monoisotopic (exact) mass is 256 g/mol. The van der Waals surface area contributed by atoms with Crippen LogP contribution in [-0.2, 0) is 9.53 Å². The Balaban J connectivity index is 2.06. The quantitative estimate of drug-likeness (QED) is 0.794. The van der Waals surface area contributed by atoms with Crippen LogP contribution in [-0.4, -0.2) is 72.4 Å². The first-order valence-corrected chi connectivity index (χ1v) is 6.81. The number of aliphatic carboxylic acids is 1. The van der Waals surface area contributed by atoms with Crippen LogP contribution in [0.15, 0.2) is 0 Å². The normalized spacial score (nSPS) is 37.6. The first kappa shape index (κ1) is 13.8. The molecule has 2 fully saturated rings. The number of carboxylic acid groups (broad SMARTS) is 1. The van der Waals surface area contributed by atoms with Crippen LogP contribution in [0.4, 0.5) is 0 Å². The SMILES string of the molecule is CCN(C1CC(C)N(C)C1)C1COCC1C(=O)O. The third kappa shape index (κ3) is 2.53. The van der Waals surface area contributed by atoms with Gasteiger partial charge in [0.25, 0.3) is 0 Å². The minimum atomic E-state index is -0.727. The van der Waals surface area contributed by atoms with Gasteiger partial charge < -0.3 is 14.7 Å². The van der Waals surface area contributed by atoms with Crippen LogP contribution < -0.4 is 0 Å². The lowest BCUT2D eigenvalue weighted by atomic mass is 9.99. The molecule has 4 unspecified atom stereocenters. The van der Waals surface area contributed by atoms with Crippen LogP contribution in [0.5, 0.6) is 0 Å². The van der Waals surface area contributed by atoms with Crippen LogP contribution in [0.2, 0.25) is 0 Å². The molecule has 5 nitrogen and oxygen atoms in total. The maximum atomic E-state index is 11.3. The molecule has 5 heteroatoms. The van der Waals surface area contributed by atoms with Crippen molar-refractivity contribution in [1.29, 1.82) is 0 Å². The number of ether oxygens (including phenoxy) is 1. The molecule has 2 heterocycles. The number of hydrogen-bond acceptors (Lipinski definition) is 4. The second-order valence-corrected chi connectivity index (χ2v) is 5.56. The lowest BCUT2D eigenvalue weighted by Gasteiger charge is -2.34. The van der Waals surface area contributed by atoms with Gasteiger partial charge >= 0.3 is 5.97 Å². The molecule has 18 heavy (non-hydrogen) atoms. The fourth-order valence-corrected chi connectivity index (χ4v) is 3.27. The third-order valence-electron chi connectivity index (χ3n) is 4.49. The molecule has 4 atom stereocenters. The molecule has 2 rings (SSSR count). The molecule has 0 aromatic rings. The summed E-state index contributed by atoms with van der Waals surface area (Å²) in [7, 11) is 2.14. The molecular weight excluding hydrogens is 232 g/mol. The number of carboxylic acids is 1. The number of hydrogen-bond donors (Lipinski definition) is 1. The van der Waals surface area contributed by atoms with Crippen LogP contribution in [0, 0.1) is 5.92 Å². The molecule has 2 saturated heterocycles. The second-order valence-electron chi connectivity index (χ2n) is 5.56. The Hall–Kier alpha value is -0.650. The summed E-state index contributed by atoms with van der Waals surface area (Å²) in [6, 6.07) is 1.08. The summed E-state index contributed by atoms with van der Waals surface area (Å²) in [5.74, 6) is -1.10. The predicted molar refractivity (Wildman–Crippen MR) is 68.6 cm³/mol. The minimum absolute atomic E-state index is 0.0381. The molecule has 104 valence electrons. The van der Waals surface area contributed by atoms with E-state index >= 15 is 0 Å². The number of carbonyl (C=O) groups is 1. The number of nitrogens with zero attached hydrogens (tertiary/aromatic N) is 2. The van der Waals surface area contributed by atoms with E-state index in [1.54, 1.807) is 0 Å². The highest BCUT2D eigenvalue weighted by molar-refractivity contribution is 5.71. The van der Waals surface area contributed by atoms with Crippen molar-refractivity contribution in [1.82, 2.24) is 9.80 Å². The zero-order valence-electron chi connectivity index (χ0n) is 11.5. The maximum Gasteiger partial charge on any atom is 0.310 e. The predicted octanol–water partition coefficient (Wildman–Crippen LogP) is 0.501. The smallest absolute Gasteiger partial charge is 0.310 e. The van der Waals surface area contributed by atoms with Crippen molar-refractivity contribution in [3.05, 3.63) is 0 Å². The van der Waals surface area contributed by atoms with E-state index in [2.05, 4.69) is 30.7 Å². The third-order valence-corrected chi connectivity index (χ3v) is 4.49. The molecule has 0 saturated carbocycles. The topological polar surface area (TPSA) is 53.0 Å². The van der Waals surface area contributed by atoms with Crippen molar-refractivity contribution in [2.24, 2.45) is 5.92 Å². The Bertz CT molecular complexity index is 301. The van der Waals surface area contributed by atoms with Crippen molar-refractivity contribution in [3.63, 3.8) is 0 Å². The largest absolute Gasteiger partial charge is 0.481 e. The molecule has 2 aliphatic heterocycles. The number of likely N-dealkylation sites (tertiary alicyclic amines) is 1. The van der Waals surface area contributed by atoms with Gasteiger partial charge in [0.2, 0.25) is 0 Å². The van der Waals surface area contributed by atoms with Crippen LogP contribution in [0.1, 0.15) is 20.3 Å². The van der Waals surface area contributed by atoms with Gasteiger partial charge in [-0.3, -0.25) is 9.69 Å². The molecular formula is C13H24N2O3. The van der Waals surface area contributed by atoms with Crippen LogP contribution in [0.3, 0.4) is 0 Å². The van der Waals surface area contributed by atoms with Gasteiger partial charge in [0.15, 0.2) is 0 Å². The van der Waals surface area contributed by atoms with Gasteiger partial charge in [-0.2, -0.15) is 0 Å². The fraction of sp³-hybridized carbons (Fsp3) is 0.923. The zero-order chi connectivity index (χ0) is 13.3. The number of rotatable bonds is 4. The van der Waals surface area contributed by atoms with Crippen LogP contribution >= 0.6 is 0 Å². The van der Waals surface area contributed by atoms with E-state index in [4.69, 9.17) is 4.74 Å². The Morgan fingerprint density at radius 1 is 1.50 bits per heavy atom. The van der Waals surface area contributed by atoms with Gasteiger partial charge in [0, 0.05) is 24.7 Å². The molecule has 0 aromatic carbocycles. The van der Waals surface area contributed by atoms with Crippen molar-refractivity contribution in [2.75, 3.05) is 33.4 Å². The molecule has 2 aliphatic rings. The summed E-state index contributed by atoms with van der Waals surface area (Å²) in [6.07, 6.45) is 1.12. The lowest BCUT2D eigenvalue weighted by molar-refractivity contribution is -0.143. The number of likely N-dealkylation sites (N-methyl/N-ethyl adjacent to an activating group) is 2. The van der Waals surface area contributed by atoms with Gasteiger partial charge in [0.1, 0.15) is 0 Å². The van der Waals surface area contributed by atoms with E-state index < -0.39 is 5.97 Å². The van der Waals surface area contributed by atoms with Crippen LogP contribution in [0.25, 0.3) is 0 Å². The van der Waals surface area contributed by atoms with E-state index in [-0.39, 0.29) is 12.0 Å². The maximum absolute atomic E-state index is 11.3. The average Bonchev–Trinajstić information content (AvgIpc) is 2.89. The lowest BCUT2D eigenvalue weighted by Crippen LogP contribution is -2.49. The van der Waals surface area contributed by atoms with E-state index in [1.807, 2.05) is 0 Å². The fourth-order valence-electron chi connectivity index (χ4n) is 3.27. The Morgan fingerprint density at radius 2 is 2.22 bits per heavy atom. The van der Waals surface area contributed by atoms with E-state index in [0.717, 1.165) is 19.5 Å². The van der Waals surface area contributed by atoms with Gasteiger partial charge in [-0.15, -0.1) is 0 Å². The summed E-state index contributed by atoms with van der Waals surface area (Å²) in [5.41, 5.74) is 0. The molecule has 0 amide bonds. The Morgan fingerprint density at radius 3 is 2.72 bits per heavy atom. The van der Waals surface area contributed by atoms with Gasteiger partial charge in [-0.25, -0.2) is 0 Å². The molecule has 0 bridgehead atoms. The van der Waals surface area contributed by atoms with E-state index in [0.29, 0.717) is 25.3 Å². The van der Waals surface area contributed by atoms with Crippen molar-refractivity contribution < 1.29 is 14.6 Å². The summed E-state index contributed by atoms with van der Waals surface area (Å²) in [6.45, 7) is 7.17. The van der Waals surface area contributed by atoms with E-state index in [9.17, 15) is 9.90 Å². The first-order chi connectivity index (χ1) is 8.54. The molecule has 1 N–H and O–H groups in total. The van der Waals surface area contributed by atoms with Gasteiger partial charge in [-0.1, -0.05) is 6.92 Å². The molecule has 0 radical (unpaired) electrons. The van der Waals surface area contributed by atoms with Crippen molar-refractivity contribution in [2.45, 2.75) is 38.4 Å². The Labute approximate surface area is 109 Å². The van der Waals surface area contributed by atoms with Gasteiger partial charge in [0.05, 0.1) is 19.1 Å². The molecule has 0 aliphatic carbocycles. The second kappa shape index (κ2) is 5.55. The summed E-state index contributed by atoms with van der Waals surface area (Å²) in [5, 5.41) is 9.26. The van der Waals surface area contributed by atoms with Crippen molar-refractivity contribution in [3.8, 4) is 0 Å². The molecule has 0 aromatic heterocycles. The highest BCUT2D eigenvalue weighted by Gasteiger charge is 2.42. The standard InChI is InChI=1S/C13H24N2O3/c1-4-15(10-5-9(2)14(3)6-10)12-8-18-7-11(12)13(16)17/h9-12H,4-8H2,1-3H3,(H,16,17). The highest BCUT2D eigenvalue weighted by Crippen LogP contribution is 2.27. The zero-order valence-corrected chi connectivity index (χ0v) is 11.5. The Kier molecular flexibility index (Phi) is 4.25. The van der Waals surface area contributed by atoms with Gasteiger partial charge in [-0.05, 0) is 26.9 Å². The summed E-state index contributed by atoms with van der Waals surface area (Å²) in [4.78, 5) is 15.9. The molecule has 0 spiro atoms.